The predicted octanol–water partition coefficient (Wildman–Crippen LogP) is 12.0. The van der Waals surface area contributed by atoms with E-state index in [-0.39, 0.29) is 23.3 Å². The van der Waals surface area contributed by atoms with Gasteiger partial charge in [0.25, 0.3) is 0 Å². The summed E-state index contributed by atoms with van der Waals surface area (Å²) in [5.74, 6) is 0.349. The van der Waals surface area contributed by atoms with Crippen molar-refractivity contribution in [3.05, 3.63) is 164 Å². The molecule has 0 amide bonds. The van der Waals surface area contributed by atoms with Crippen molar-refractivity contribution in [3.8, 4) is 50.6 Å². The molecule has 0 unspecified atom stereocenters. The van der Waals surface area contributed by atoms with Gasteiger partial charge in [-0.15, -0.1) is 0 Å². The number of para-hydroxylation sites is 1. The molecular weight excluding hydrogens is 595 g/mol. The van der Waals surface area contributed by atoms with Crippen LogP contribution in [-0.4, -0.2) is 14.5 Å². The summed E-state index contributed by atoms with van der Waals surface area (Å²) in [7, 11) is 0. The maximum Gasteiger partial charge on any atom is 0.235 e. The van der Waals surface area contributed by atoms with Gasteiger partial charge in [0.15, 0.2) is 0 Å². The van der Waals surface area contributed by atoms with E-state index in [0.717, 1.165) is 43.7 Å². The van der Waals surface area contributed by atoms with Gasteiger partial charge in [-0.3, -0.25) is 4.57 Å². The quantitative estimate of drug-likeness (QED) is 0.195. The first kappa shape index (κ1) is 22.1. The Hall–Kier alpha value is -6.58. The van der Waals surface area contributed by atoms with E-state index >= 15 is 0 Å². The molecule has 3 heteroatoms. The zero-order valence-electron chi connectivity index (χ0n) is 31.0. The van der Waals surface area contributed by atoms with Crippen molar-refractivity contribution in [2.24, 2.45) is 0 Å². The van der Waals surface area contributed by atoms with Crippen LogP contribution in [-0.2, 0) is 0 Å². The molecule has 0 radical (unpaired) electrons. The molecule has 0 N–H and O–H groups in total. The molecule has 0 saturated carbocycles. The number of benzene rings is 8. The number of hydrogen-bond acceptors (Lipinski definition) is 2. The Morgan fingerprint density at radius 2 is 1.12 bits per heavy atom. The van der Waals surface area contributed by atoms with Crippen LogP contribution >= 0.6 is 0 Å². The van der Waals surface area contributed by atoms with Crippen molar-refractivity contribution in [1.29, 1.82) is 0 Å². The van der Waals surface area contributed by atoms with E-state index in [1.807, 2.05) is 41.0 Å². The lowest BCUT2D eigenvalue weighted by molar-refractivity contribution is 1.01. The van der Waals surface area contributed by atoms with Gasteiger partial charge in [-0.2, -0.15) is 0 Å². The van der Waals surface area contributed by atoms with Crippen LogP contribution in [0.1, 0.15) is 6.85 Å². The van der Waals surface area contributed by atoms with Crippen LogP contribution in [0.5, 0.6) is 0 Å². The molecule has 49 heavy (non-hydrogen) atoms. The maximum absolute atomic E-state index is 8.84. The maximum atomic E-state index is 8.84. The Balaban J connectivity index is 1.21. The molecular formula is C46H27N3. The van der Waals surface area contributed by atoms with Crippen LogP contribution in [0.3, 0.4) is 0 Å². The molecule has 2 heterocycles. The summed E-state index contributed by atoms with van der Waals surface area (Å²) in [5.41, 5.74) is 10.0. The van der Waals surface area contributed by atoms with Gasteiger partial charge in [0.1, 0.15) is 0 Å². The standard InChI is InChI=1S/C46H27N3/c1-2-11-28(12-3-1)45-38-17-8-9-20-41(38)47-46(48-45)49-42-24-21-31(26-39(42)40-25-29-13-4-5-14-30(29)27-43(40)49)32-22-23-37-34-16-7-6-15-33(34)36-19-10-18-35(32)44(36)37/h1-27H/i1D,2D,3D,11D,12D. The third-order valence-corrected chi connectivity index (χ3v) is 10.0. The molecule has 10 aromatic rings. The average Bonchev–Trinajstić information content (AvgIpc) is 3.71. The molecule has 0 bridgehead atoms. The molecule has 3 nitrogen and oxygen atoms in total. The Labute approximate surface area is 289 Å². The second-order valence-electron chi connectivity index (χ2n) is 12.6. The second kappa shape index (κ2) is 9.96. The Morgan fingerprint density at radius 1 is 0.449 bits per heavy atom. The van der Waals surface area contributed by atoms with Gasteiger partial charge in [-0.05, 0) is 85.3 Å². The minimum Gasteiger partial charge on any atom is -0.278 e. The molecule has 2 aromatic heterocycles. The normalized spacial score (nSPS) is 13.5. The molecule has 1 aliphatic rings. The summed E-state index contributed by atoms with van der Waals surface area (Å²) in [4.78, 5) is 10.2. The number of aromatic nitrogens is 3. The van der Waals surface area contributed by atoms with Gasteiger partial charge < -0.3 is 0 Å². The van der Waals surface area contributed by atoms with Crippen LogP contribution in [0.2, 0.25) is 0 Å². The smallest absolute Gasteiger partial charge is 0.235 e. The molecule has 1 aliphatic carbocycles. The number of fused-ring (bicyclic) bond motifs is 8. The number of hydrogen-bond donors (Lipinski definition) is 0. The van der Waals surface area contributed by atoms with E-state index in [2.05, 4.69) is 97.1 Å². The predicted molar refractivity (Wildman–Crippen MR) is 204 cm³/mol. The molecule has 226 valence electrons. The highest BCUT2D eigenvalue weighted by atomic mass is 15.2. The highest BCUT2D eigenvalue weighted by Gasteiger charge is 2.23. The van der Waals surface area contributed by atoms with Crippen molar-refractivity contribution < 1.29 is 6.85 Å². The first-order chi connectivity index (χ1) is 26.4. The van der Waals surface area contributed by atoms with Crippen molar-refractivity contribution in [2.45, 2.75) is 0 Å². The summed E-state index contributed by atoms with van der Waals surface area (Å²) in [6, 6.07) is 44.4. The topological polar surface area (TPSA) is 30.7 Å². The lowest BCUT2D eigenvalue weighted by Crippen LogP contribution is -2.03. The molecule has 0 fully saturated rings. The summed E-state index contributed by atoms with van der Waals surface area (Å²) in [6.07, 6.45) is 0. The fourth-order valence-electron chi connectivity index (χ4n) is 7.87. The van der Waals surface area contributed by atoms with E-state index in [0.29, 0.717) is 16.9 Å². The molecule has 0 atom stereocenters. The fourth-order valence-corrected chi connectivity index (χ4v) is 7.87. The van der Waals surface area contributed by atoms with E-state index in [1.54, 1.807) is 0 Å². The first-order valence-corrected chi connectivity index (χ1v) is 16.3. The summed E-state index contributed by atoms with van der Waals surface area (Å²) >= 11 is 0. The second-order valence-corrected chi connectivity index (χ2v) is 12.6. The molecule has 0 spiro atoms. The van der Waals surface area contributed by atoms with Gasteiger partial charge in [-0.25, -0.2) is 9.97 Å². The monoisotopic (exact) mass is 626 g/mol. The highest BCUT2D eigenvalue weighted by molar-refractivity contribution is 6.20. The Morgan fingerprint density at radius 3 is 1.98 bits per heavy atom. The third kappa shape index (κ3) is 3.78. The van der Waals surface area contributed by atoms with E-state index in [4.69, 9.17) is 16.8 Å². The third-order valence-electron chi connectivity index (χ3n) is 10.0. The van der Waals surface area contributed by atoms with Crippen molar-refractivity contribution >= 4 is 54.3 Å². The molecule has 11 rings (SSSR count). The first-order valence-electron chi connectivity index (χ1n) is 18.8. The fraction of sp³-hybridized carbons (Fsp3) is 0. The molecule has 8 aromatic carbocycles. The van der Waals surface area contributed by atoms with Gasteiger partial charge in [0.2, 0.25) is 5.95 Å². The SMILES string of the molecule is [2H]c1c([2H])c([2H])c(-c2nc(-n3c4ccc(-c5ccc6c7c(cccc57)-c5ccccc5-6)cc4c4cc5ccccc5cc43)nc3ccccc23)c([2H])c1[2H]. The largest absolute Gasteiger partial charge is 0.278 e. The summed E-state index contributed by atoms with van der Waals surface area (Å²) in [5, 5.41) is 7.31. The van der Waals surface area contributed by atoms with E-state index in [1.165, 1.54) is 33.0 Å². The Bertz CT molecular complexity index is 3240. The van der Waals surface area contributed by atoms with Crippen LogP contribution < -0.4 is 0 Å². The lowest BCUT2D eigenvalue weighted by Gasteiger charge is -2.12. The van der Waals surface area contributed by atoms with Crippen molar-refractivity contribution in [2.75, 3.05) is 0 Å². The van der Waals surface area contributed by atoms with Gasteiger partial charge in [-0.1, -0.05) is 133 Å². The van der Waals surface area contributed by atoms with Gasteiger partial charge in [0.05, 0.1) is 29.1 Å². The highest BCUT2D eigenvalue weighted by Crippen LogP contribution is 2.49. The van der Waals surface area contributed by atoms with Gasteiger partial charge >= 0.3 is 0 Å². The van der Waals surface area contributed by atoms with E-state index < -0.39 is 18.1 Å². The van der Waals surface area contributed by atoms with Crippen molar-refractivity contribution in [3.63, 3.8) is 0 Å². The van der Waals surface area contributed by atoms with Gasteiger partial charge in [0, 0.05) is 21.7 Å². The lowest BCUT2D eigenvalue weighted by atomic mass is 9.93. The molecule has 0 aliphatic heterocycles. The van der Waals surface area contributed by atoms with Crippen LogP contribution in [0.4, 0.5) is 0 Å². The zero-order chi connectivity index (χ0) is 36.4. The van der Waals surface area contributed by atoms with Crippen LogP contribution in [0.25, 0.3) is 105 Å². The van der Waals surface area contributed by atoms with Crippen LogP contribution in [0.15, 0.2) is 164 Å². The summed E-state index contributed by atoms with van der Waals surface area (Å²) in [6.45, 7) is 0. The van der Waals surface area contributed by atoms with Crippen LogP contribution in [0, 0.1) is 0 Å². The minimum atomic E-state index is -0.442. The zero-order valence-corrected chi connectivity index (χ0v) is 26.0. The summed E-state index contributed by atoms with van der Waals surface area (Å²) < 4.78 is 44.8. The Kier molecular flexibility index (Phi) is 4.49. The van der Waals surface area contributed by atoms with E-state index in [9.17, 15) is 0 Å². The number of rotatable bonds is 3. The minimum absolute atomic E-state index is 0.0450. The van der Waals surface area contributed by atoms with Crippen molar-refractivity contribution in [1.82, 2.24) is 14.5 Å². The molecule has 0 saturated heterocycles. The number of nitrogens with zero attached hydrogens (tertiary/aromatic N) is 3. The average molecular weight is 627 g/mol.